The minimum absolute atomic E-state index is 0.0466. The molecular weight excluding hydrogens is 374 g/mol. The van der Waals surface area contributed by atoms with Crippen molar-refractivity contribution in [3.05, 3.63) is 77.0 Å². The first kappa shape index (κ1) is 18.1. The van der Waals surface area contributed by atoms with E-state index in [1.165, 1.54) is 17.6 Å². The number of thiophene rings is 1. The topological polar surface area (TPSA) is 69.4 Å². The van der Waals surface area contributed by atoms with Gasteiger partial charge in [0.25, 0.3) is 0 Å². The molecule has 140 valence electrons. The minimum Gasteiger partial charge on any atom is -0.457 e. The van der Waals surface area contributed by atoms with E-state index in [-0.39, 0.29) is 18.8 Å². The van der Waals surface area contributed by atoms with E-state index in [9.17, 15) is 9.59 Å². The molecule has 0 atom stereocenters. The van der Waals surface area contributed by atoms with E-state index in [4.69, 9.17) is 9.15 Å². The van der Waals surface area contributed by atoms with E-state index in [1.807, 2.05) is 61.5 Å². The number of hydrogen-bond acceptors (Lipinski definition) is 6. The average Bonchev–Trinajstić information content (AvgIpc) is 3.32. The number of esters is 1. The normalized spacial score (nSPS) is 10.9. The van der Waals surface area contributed by atoms with Gasteiger partial charge < -0.3 is 9.15 Å². The number of aromatic nitrogens is 1. The van der Waals surface area contributed by atoms with Crippen molar-refractivity contribution in [2.45, 2.75) is 13.3 Å². The van der Waals surface area contributed by atoms with Gasteiger partial charge in [0.1, 0.15) is 6.26 Å². The number of rotatable bonds is 6. The van der Waals surface area contributed by atoms with Gasteiger partial charge in [-0.05, 0) is 36.1 Å². The number of nitrogens with zero attached hydrogens (tertiary/aromatic N) is 1. The van der Waals surface area contributed by atoms with Gasteiger partial charge in [0, 0.05) is 10.3 Å². The first-order valence-corrected chi connectivity index (χ1v) is 9.60. The smallest absolute Gasteiger partial charge is 0.312 e. The van der Waals surface area contributed by atoms with Gasteiger partial charge in [0.05, 0.1) is 17.0 Å². The van der Waals surface area contributed by atoms with Crippen LogP contribution in [0.15, 0.2) is 65.3 Å². The van der Waals surface area contributed by atoms with Crippen LogP contribution in [0.1, 0.15) is 20.9 Å². The summed E-state index contributed by atoms with van der Waals surface area (Å²) in [5, 5.41) is 1.05. The van der Waals surface area contributed by atoms with Crippen LogP contribution in [0.4, 0.5) is 0 Å². The van der Waals surface area contributed by atoms with Crippen molar-refractivity contribution in [2.24, 2.45) is 0 Å². The third-order valence-electron chi connectivity index (χ3n) is 4.36. The van der Waals surface area contributed by atoms with Gasteiger partial charge >= 0.3 is 5.97 Å². The van der Waals surface area contributed by atoms with E-state index in [0.29, 0.717) is 16.5 Å². The Balaban J connectivity index is 1.37. The summed E-state index contributed by atoms with van der Waals surface area (Å²) in [6.45, 7) is 1.63. The molecule has 0 aliphatic rings. The predicted molar refractivity (Wildman–Crippen MR) is 107 cm³/mol. The second-order valence-electron chi connectivity index (χ2n) is 6.32. The number of fused-ring (bicyclic) bond motifs is 1. The molecule has 0 unspecified atom stereocenters. The van der Waals surface area contributed by atoms with Crippen molar-refractivity contribution in [3.8, 4) is 11.5 Å². The summed E-state index contributed by atoms with van der Waals surface area (Å²) in [5.41, 5.74) is 2.22. The maximum absolute atomic E-state index is 12.5. The quantitative estimate of drug-likeness (QED) is 0.348. The molecule has 0 saturated heterocycles. The van der Waals surface area contributed by atoms with E-state index >= 15 is 0 Å². The summed E-state index contributed by atoms with van der Waals surface area (Å²) in [6.07, 6.45) is 1.39. The number of Topliss-reactive ketones (excluding diaryl/α,β-unsaturated/α-hetero) is 1. The third-order valence-corrected chi connectivity index (χ3v) is 5.67. The molecule has 0 fully saturated rings. The van der Waals surface area contributed by atoms with Crippen molar-refractivity contribution in [3.63, 3.8) is 0 Å². The number of aryl methyl sites for hydroxylation is 1. The van der Waals surface area contributed by atoms with Gasteiger partial charge in [-0.15, -0.1) is 11.3 Å². The number of ketones is 1. The maximum Gasteiger partial charge on any atom is 0.312 e. The number of carbonyl (C=O) groups is 2. The lowest BCUT2D eigenvalue weighted by molar-refractivity contribution is -0.141. The highest BCUT2D eigenvalue weighted by Crippen LogP contribution is 2.30. The molecule has 0 radical (unpaired) electrons. The molecule has 0 aliphatic heterocycles. The molecule has 0 amide bonds. The summed E-state index contributed by atoms with van der Waals surface area (Å²) in [5.74, 6) is -0.266. The molecule has 2 aromatic heterocycles. The number of hydrogen-bond donors (Lipinski definition) is 0. The average molecular weight is 391 g/mol. The third kappa shape index (κ3) is 3.73. The molecule has 5 nitrogen and oxygen atoms in total. The van der Waals surface area contributed by atoms with E-state index in [0.717, 1.165) is 21.2 Å². The molecule has 0 bridgehead atoms. The Morgan fingerprint density at radius 3 is 2.61 bits per heavy atom. The van der Waals surface area contributed by atoms with Crippen molar-refractivity contribution < 1.29 is 18.7 Å². The summed E-state index contributed by atoms with van der Waals surface area (Å²) in [4.78, 5) is 29.5. The second kappa shape index (κ2) is 7.78. The van der Waals surface area contributed by atoms with Crippen molar-refractivity contribution >= 4 is 33.2 Å². The van der Waals surface area contributed by atoms with Crippen LogP contribution in [0.25, 0.3) is 21.5 Å². The lowest BCUT2D eigenvalue weighted by atomic mass is 10.1. The predicted octanol–water partition coefficient (Wildman–Crippen LogP) is 4.83. The second-order valence-corrected chi connectivity index (χ2v) is 7.38. The molecule has 6 heteroatoms. The Hall–Kier alpha value is -3.25. The Labute approximate surface area is 165 Å². The van der Waals surface area contributed by atoms with Crippen LogP contribution in [0.2, 0.25) is 0 Å². The summed E-state index contributed by atoms with van der Waals surface area (Å²) in [6, 6.07) is 17.3. The van der Waals surface area contributed by atoms with E-state index in [1.54, 1.807) is 0 Å². The molecular formula is C22H17NO4S. The number of carbonyl (C=O) groups excluding carboxylic acids is 2. The maximum atomic E-state index is 12.5. The highest BCUT2D eigenvalue weighted by molar-refractivity contribution is 7.21. The number of ether oxygens (including phenoxy) is 1. The van der Waals surface area contributed by atoms with Crippen LogP contribution in [-0.2, 0) is 16.0 Å². The highest BCUT2D eigenvalue weighted by atomic mass is 32.1. The Kier molecular flexibility index (Phi) is 5.04. The number of oxazole rings is 1. The summed E-state index contributed by atoms with van der Waals surface area (Å²) in [7, 11) is 0. The van der Waals surface area contributed by atoms with Crippen LogP contribution in [0, 0.1) is 6.92 Å². The minimum atomic E-state index is -0.514. The fourth-order valence-corrected chi connectivity index (χ4v) is 4.09. The molecule has 0 N–H and O–H groups in total. The summed E-state index contributed by atoms with van der Waals surface area (Å²) < 4.78 is 11.6. The molecule has 4 aromatic rings. The zero-order chi connectivity index (χ0) is 19.5. The Bertz CT molecular complexity index is 1140. The van der Waals surface area contributed by atoms with Crippen LogP contribution in [0.3, 0.4) is 0 Å². The molecule has 0 saturated carbocycles. The van der Waals surface area contributed by atoms with E-state index in [2.05, 4.69) is 4.98 Å². The summed E-state index contributed by atoms with van der Waals surface area (Å²) >= 11 is 1.42. The zero-order valence-corrected chi connectivity index (χ0v) is 16.0. The Morgan fingerprint density at radius 1 is 1.07 bits per heavy atom. The molecule has 0 spiro atoms. The fourth-order valence-electron chi connectivity index (χ4n) is 2.95. The first-order chi connectivity index (χ1) is 13.6. The van der Waals surface area contributed by atoms with Gasteiger partial charge in [0.15, 0.2) is 6.61 Å². The van der Waals surface area contributed by atoms with Gasteiger partial charge in [-0.1, -0.05) is 36.4 Å². The standard InChI is InChI=1S/C22H17NO4S/c1-14-17-9-5-6-10-19(17)28-21(14)18(24)13-26-20(25)11-16-12-27-22(23-16)15-7-3-2-4-8-15/h2-10,12H,11,13H2,1H3. The van der Waals surface area contributed by atoms with Crippen LogP contribution in [0.5, 0.6) is 0 Å². The fraction of sp³-hybridized carbons (Fsp3) is 0.136. The largest absolute Gasteiger partial charge is 0.457 e. The lowest BCUT2D eigenvalue weighted by Gasteiger charge is -2.02. The van der Waals surface area contributed by atoms with Crippen LogP contribution in [-0.4, -0.2) is 23.3 Å². The highest BCUT2D eigenvalue weighted by Gasteiger charge is 2.18. The van der Waals surface area contributed by atoms with Gasteiger partial charge in [-0.25, -0.2) is 4.98 Å². The lowest BCUT2D eigenvalue weighted by Crippen LogP contribution is -2.15. The van der Waals surface area contributed by atoms with Gasteiger partial charge in [0.2, 0.25) is 11.7 Å². The zero-order valence-electron chi connectivity index (χ0n) is 15.2. The van der Waals surface area contributed by atoms with Crippen LogP contribution >= 0.6 is 11.3 Å². The Morgan fingerprint density at radius 2 is 1.82 bits per heavy atom. The number of benzene rings is 2. The van der Waals surface area contributed by atoms with Gasteiger partial charge in [-0.2, -0.15) is 0 Å². The van der Waals surface area contributed by atoms with Crippen molar-refractivity contribution in [1.82, 2.24) is 4.98 Å². The van der Waals surface area contributed by atoms with Crippen molar-refractivity contribution in [2.75, 3.05) is 6.61 Å². The molecule has 0 aliphatic carbocycles. The van der Waals surface area contributed by atoms with Crippen molar-refractivity contribution in [1.29, 1.82) is 0 Å². The molecule has 4 rings (SSSR count). The molecule has 2 heterocycles. The van der Waals surface area contributed by atoms with E-state index < -0.39 is 5.97 Å². The van der Waals surface area contributed by atoms with Gasteiger partial charge in [-0.3, -0.25) is 9.59 Å². The SMILES string of the molecule is Cc1c(C(=O)COC(=O)Cc2coc(-c3ccccc3)n2)sc2ccccc12. The molecule has 28 heavy (non-hydrogen) atoms. The molecule has 2 aromatic carbocycles. The first-order valence-electron chi connectivity index (χ1n) is 8.78. The monoisotopic (exact) mass is 391 g/mol. The van der Waals surface area contributed by atoms with Crippen LogP contribution < -0.4 is 0 Å².